The lowest BCUT2D eigenvalue weighted by molar-refractivity contribution is -0.139. The van der Waals surface area contributed by atoms with E-state index >= 15 is 0 Å². The van der Waals surface area contributed by atoms with Gasteiger partial charge in [-0.15, -0.1) is 0 Å². The summed E-state index contributed by atoms with van der Waals surface area (Å²) in [6, 6.07) is 7.63. The monoisotopic (exact) mass is 288 g/mol. The fraction of sp³-hybridized carbons (Fsp3) is 0.500. The van der Waals surface area contributed by atoms with Crippen LogP contribution in [0.15, 0.2) is 24.3 Å². The minimum atomic E-state index is -0.813. The number of nitrogens with zero attached hydrogens (tertiary/aromatic N) is 1. The molecule has 0 radical (unpaired) electrons. The second-order valence-electron chi connectivity index (χ2n) is 5.78. The molecule has 1 amide bonds. The summed E-state index contributed by atoms with van der Waals surface area (Å²) in [6.45, 7) is 1.47. The summed E-state index contributed by atoms with van der Waals surface area (Å²) in [6.07, 6.45) is 3.14. The molecule has 1 aromatic carbocycles. The van der Waals surface area contributed by atoms with Crippen molar-refractivity contribution >= 4 is 17.6 Å². The molecular weight excluding hydrogens is 268 g/mol. The molecule has 0 saturated carbocycles. The number of rotatable bonds is 3. The molecular formula is C16H20N2O3. The molecule has 21 heavy (non-hydrogen) atoms. The Bertz CT molecular complexity index is 552. The first kappa shape index (κ1) is 14.1. The Morgan fingerprint density at radius 3 is 2.81 bits per heavy atom. The van der Waals surface area contributed by atoms with E-state index in [2.05, 4.69) is 5.32 Å². The van der Waals surface area contributed by atoms with E-state index in [1.54, 1.807) is 4.90 Å². The smallest absolute Gasteiger partial charge is 0.311 e. The number of nitrogens with one attached hydrogen (secondary N) is 1. The number of carbonyl (C=O) groups is 2. The lowest BCUT2D eigenvalue weighted by Gasteiger charge is -2.33. The van der Waals surface area contributed by atoms with Gasteiger partial charge in [0.1, 0.15) is 0 Å². The van der Waals surface area contributed by atoms with E-state index in [1.165, 1.54) is 0 Å². The molecule has 2 unspecified atom stereocenters. The molecule has 0 bridgehead atoms. The van der Waals surface area contributed by atoms with Crippen LogP contribution < -0.4 is 10.2 Å². The van der Waals surface area contributed by atoms with Crippen molar-refractivity contribution in [2.75, 3.05) is 18.0 Å². The molecule has 2 N–H and O–H groups in total. The number of benzene rings is 1. The Kier molecular flexibility index (Phi) is 3.92. The van der Waals surface area contributed by atoms with Crippen molar-refractivity contribution in [3.8, 4) is 0 Å². The topological polar surface area (TPSA) is 69.6 Å². The number of para-hydroxylation sites is 1. The van der Waals surface area contributed by atoms with Crippen molar-refractivity contribution in [1.82, 2.24) is 5.32 Å². The number of amides is 1. The predicted molar refractivity (Wildman–Crippen MR) is 79.4 cm³/mol. The molecule has 2 aliphatic heterocycles. The van der Waals surface area contributed by atoms with Crippen LogP contribution in [0, 0.1) is 0 Å². The Morgan fingerprint density at radius 2 is 2.10 bits per heavy atom. The number of fused-ring (bicyclic) bond motifs is 1. The summed E-state index contributed by atoms with van der Waals surface area (Å²) in [4.78, 5) is 25.6. The van der Waals surface area contributed by atoms with Gasteiger partial charge in [0.15, 0.2) is 0 Å². The fourth-order valence-electron chi connectivity index (χ4n) is 3.33. The van der Waals surface area contributed by atoms with E-state index in [0.717, 1.165) is 30.6 Å². The minimum Gasteiger partial charge on any atom is -0.481 e. The summed E-state index contributed by atoms with van der Waals surface area (Å²) >= 11 is 0. The zero-order chi connectivity index (χ0) is 14.8. The van der Waals surface area contributed by atoms with Crippen molar-refractivity contribution < 1.29 is 14.7 Å². The fourth-order valence-corrected chi connectivity index (χ4v) is 3.33. The number of aliphatic carboxylic acids is 1. The van der Waals surface area contributed by atoms with Crippen molar-refractivity contribution in [3.05, 3.63) is 29.8 Å². The van der Waals surface area contributed by atoms with Crippen LogP contribution in [0.3, 0.4) is 0 Å². The second-order valence-corrected chi connectivity index (χ2v) is 5.78. The highest BCUT2D eigenvalue weighted by molar-refractivity contribution is 5.96. The molecule has 0 aliphatic carbocycles. The van der Waals surface area contributed by atoms with Crippen molar-refractivity contribution in [3.63, 3.8) is 0 Å². The van der Waals surface area contributed by atoms with E-state index in [-0.39, 0.29) is 11.9 Å². The first-order valence-electron chi connectivity index (χ1n) is 7.52. The summed E-state index contributed by atoms with van der Waals surface area (Å²) in [5.74, 6) is -1.23. The van der Waals surface area contributed by atoms with Gasteiger partial charge in [0.25, 0.3) is 0 Å². The van der Waals surface area contributed by atoms with E-state index in [9.17, 15) is 14.7 Å². The van der Waals surface area contributed by atoms with Crippen molar-refractivity contribution in [2.24, 2.45) is 0 Å². The molecule has 5 nitrogen and oxygen atoms in total. The average Bonchev–Trinajstić information content (AvgIpc) is 2.98. The van der Waals surface area contributed by atoms with Crippen LogP contribution in [0.4, 0.5) is 5.69 Å². The van der Waals surface area contributed by atoms with Gasteiger partial charge in [0.2, 0.25) is 5.91 Å². The highest BCUT2D eigenvalue weighted by Gasteiger charge is 2.33. The maximum absolute atomic E-state index is 12.5. The third kappa shape index (κ3) is 2.78. The largest absolute Gasteiger partial charge is 0.481 e. The average molecular weight is 288 g/mol. The van der Waals surface area contributed by atoms with Crippen molar-refractivity contribution in [2.45, 2.75) is 37.6 Å². The number of hydrogen-bond donors (Lipinski definition) is 2. The maximum Gasteiger partial charge on any atom is 0.311 e. The predicted octanol–water partition coefficient (Wildman–Crippen LogP) is 1.73. The lowest BCUT2D eigenvalue weighted by atomic mass is 9.89. The van der Waals surface area contributed by atoms with E-state index in [4.69, 9.17) is 0 Å². The molecule has 0 spiro atoms. The normalized spacial score (nSPS) is 24.7. The molecule has 1 saturated heterocycles. The van der Waals surface area contributed by atoms with Crippen LogP contribution >= 0.6 is 0 Å². The third-order valence-electron chi connectivity index (χ3n) is 4.43. The third-order valence-corrected chi connectivity index (χ3v) is 4.43. The zero-order valence-corrected chi connectivity index (χ0v) is 11.9. The maximum atomic E-state index is 12.5. The van der Waals surface area contributed by atoms with Gasteiger partial charge < -0.3 is 15.3 Å². The van der Waals surface area contributed by atoms with Gasteiger partial charge in [0, 0.05) is 24.7 Å². The first-order chi connectivity index (χ1) is 10.2. The molecule has 2 atom stereocenters. The standard InChI is InChI=1S/C16H20N2O3/c19-15(10-11-4-3-8-17-11)18-9-7-13(16(20)21)12-5-1-2-6-14(12)18/h1-2,5-6,11,13,17H,3-4,7-10H2,(H,20,21). The number of anilines is 1. The van der Waals surface area contributed by atoms with Crippen LogP contribution in [-0.2, 0) is 9.59 Å². The Labute approximate surface area is 123 Å². The van der Waals surface area contributed by atoms with Crippen molar-refractivity contribution in [1.29, 1.82) is 0 Å². The first-order valence-corrected chi connectivity index (χ1v) is 7.52. The molecule has 3 rings (SSSR count). The number of hydrogen-bond acceptors (Lipinski definition) is 3. The molecule has 2 aliphatic rings. The summed E-state index contributed by atoms with van der Waals surface area (Å²) in [5, 5.41) is 12.7. The highest BCUT2D eigenvalue weighted by atomic mass is 16.4. The van der Waals surface area contributed by atoms with Crippen LogP contribution in [-0.4, -0.2) is 36.1 Å². The SMILES string of the molecule is O=C(O)C1CCN(C(=O)CC2CCCN2)c2ccccc21. The summed E-state index contributed by atoms with van der Waals surface area (Å²) < 4.78 is 0. The molecule has 112 valence electrons. The Balaban J connectivity index is 1.81. The van der Waals surface area contributed by atoms with Gasteiger partial charge in [0.05, 0.1) is 5.92 Å². The zero-order valence-electron chi connectivity index (χ0n) is 11.9. The number of carboxylic acids is 1. The van der Waals surface area contributed by atoms with E-state index in [0.29, 0.717) is 19.4 Å². The summed E-state index contributed by atoms with van der Waals surface area (Å²) in [7, 11) is 0. The molecule has 1 fully saturated rings. The Morgan fingerprint density at radius 1 is 1.29 bits per heavy atom. The minimum absolute atomic E-state index is 0.0886. The number of carbonyl (C=O) groups excluding carboxylic acids is 1. The molecule has 5 heteroatoms. The van der Waals surface area contributed by atoms with Gasteiger partial charge in [-0.3, -0.25) is 9.59 Å². The number of carboxylic acid groups (broad SMARTS) is 1. The highest BCUT2D eigenvalue weighted by Crippen LogP contribution is 2.35. The Hall–Kier alpha value is -1.88. The van der Waals surface area contributed by atoms with E-state index < -0.39 is 11.9 Å². The van der Waals surface area contributed by atoms with Gasteiger partial charge in [-0.25, -0.2) is 0 Å². The lowest BCUT2D eigenvalue weighted by Crippen LogP contribution is -2.40. The van der Waals surface area contributed by atoms with Crippen LogP contribution in [0.1, 0.15) is 37.2 Å². The second kappa shape index (κ2) is 5.85. The molecule has 2 heterocycles. The van der Waals surface area contributed by atoms with Crippen LogP contribution in [0.2, 0.25) is 0 Å². The van der Waals surface area contributed by atoms with Gasteiger partial charge >= 0.3 is 5.97 Å². The molecule has 0 aromatic heterocycles. The van der Waals surface area contributed by atoms with E-state index in [1.807, 2.05) is 24.3 Å². The van der Waals surface area contributed by atoms with Gasteiger partial charge in [-0.2, -0.15) is 0 Å². The van der Waals surface area contributed by atoms with Gasteiger partial charge in [-0.05, 0) is 37.4 Å². The van der Waals surface area contributed by atoms with Crippen LogP contribution in [0.25, 0.3) is 0 Å². The van der Waals surface area contributed by atoms with Crippen LogP contribution in [0.5, 0.6) is 0 Å². The quantitative estimate of drug-likeness (QED) is 0.889. The summed E-state index contributed by atoms with van der Waals surface area (Å²) in [5.41, 5.74) is 1.52. The van der Waals surface area contributed by atoms with Gasteiger partial charge in [-0.1, -0.05) is 18.2 Å². The molecule has 1 aromatic rings.